The minimum atomic E-state index is -4.28. The Balaban J connectivity index is 3.97. The molecule has 4 N–H and O–H groups in total. The Morgan fingerprint density at radius 3 is 2.46 bits per heavy atom. The highest BCUT2D eigenvalue weighted by molar-refractivity contribution is 7.85. The van der Waals surface area contributed by atoms with Crippen molar-refractivity contribution in [1.29, 1.82) is 0 Å². The first-order chi connectivity index (χ1) is 5.87. The molecule has 7 nitrogen and oxygen atoms in total. The first-order valence-corrected chi connectivity index (χ1v) is 4.96. The van der Waals surface area contributed by atoms with Crippen LogP contribution in [0.3, 0.4) is 0 Å². The largest absolute Gasteiger partial charge is 0.462 e. The van der Waals surface area contributed by atoms with E-state index in [-0.39, 0.29) is 13.2 Å². The number of hydrogen-bond donors (Lipinski definition) is 3. The van der Waals surface area contributed by atoms with Gasteiger partial charge in [0.05, 0.1) is 6.61 Å². The summed E-state index contributed by atoms with van der Waals surface area (Å²) < 4.78 is 33.1. The minimum absolute atomic E-state index is 0.252. The first kappa shape index (κ1) is 12.3. The molecule has 0 aromatic heterocycles. The Bertz CT molecular complexity index is 260. The van der Waals surface area contributed by atoms with Crippen molar-refractivity contribution >= 4 is 16.1 Å². The topological polar surface area (TPSA) is 127 Å². The number of nitrogens with two attached hydrogens (primary N) is 1. The van der Waals surface area contributed by atoms with Crippen molar-refractivity contribution in [3.8, 4) is 0 Å². The van der Waals surface area contributed by atoms with Crippen LogP contribution in [-0.4, -0.2) is 49.1 Å². The van der Waals surface area contributed by atoms with Gasteiger partial charge in [-0.3, -0.25) is 9.35 Å². The van der Waals surface area contributed by atoms with Crippen LogP contribution in [0.1, 0.15) is 0 Å². The number of aliphatic hydroxyl groups excluding tert-OH is 1. The molecule has 0 saturated heterocycles. The highest BCUT2D eigenvalue weighted by atomic mass is 32.2. The van der Waals surface area contributed by atoms with Gasteiger partial charge < -0.3 is 15.6 Å². The summed E-state index contributed by atoms with van der Waals surface area (Å²) in [5.74, 6) is -1.87. The van der Waals surface area contributed by atoms with E-state index in [1.165, 1.54) is 0 Å². The van der Waals surface area contributed by atoms with E-state index in [1.54, 1.807) is 0 Å². The number of hydrogen-bond acceptors (Lipinski definition) is 6. The lowest BCUT2D eigenvalue weighted by Crippen LogP contribution is -2.38. The van der Waals surface area contributed by atoms with Crippen LogP contribution in [0.25, 0.3) is 0 Å². The zero-order chi connectivity index (χ0) is 10.5. The maximum absolute atomic E-state index is 10.7. The molecule has 0 aliphatic carbocycles. The summed E-state index contributed by atoms with van der Waals surface area (Å²) in [5.41, 5.74) is 5.05. The molecule has 0 rings (SSSR count). The van der Waals surface area contributed by atoms with Crippen LogP contribution in [-0.2, 0) is 19.6 Å². The number of esters is 1. The van der Waals surface area contributed by atoms with Gasteiger partial charge in [0.1, 0.15) is 18.4 Å². The fourth-order valence-corrected chi connectivity index (χ4v) is 1.14. The SMILES string of the molecule is N[C@@H](CS(=O)(=O)O)C(=O)OCCO. The summed E-state index contributed by atoms with van der Waals surface area (Å²) in [6.07, 6.45) is 0. The molecule has 0 heterocycles. The maximum Gasteiger partial charge on any atom is 0.324 e. The Labute approximate surface area is 75.2 Å². The van der Waals surface area contributed by atoms with Crippen molar-refractivity contribution < 1.29 is 27.6 Å². The molecule has 0 aromatic rings. The summed E-state index contributed by atoms with van der Waals surface area (Å²) in [5, 5.41) is 8.24. The van der Waals surface area contributed by atoms with Gasteiger partial charge in [0, 0.05) is 0 Å². The van der Waals surface area contributed by atoms with E-state index >= 15 is 0 Å². The maximum atomic E-state index is 10.7. The summed E-state index contributed by atoms with van der Waals surface area (Å²) in [6, 6.07) is -1.43. The smallest absolute Gasteiger partial charge is 0.324 e. The van der Waals surface area contributed by atoms with Crippen LogP contribution in [0.5, 0.6) is 0 Å². The second-order valence-electron chi connectivity index (χ2n) is 2.25. The molecule has 0 spiro atoms. The van der Waals surface area contributed by atoms with Gasteiger partial charge >= 0.3 is 5.97 Å². The molecule has 0 radical (unpaired) electrons. The quantitative estimate of drug-likeness (QED) is 0.347. The predicted molar refractivity (Wildman–Crippen MR) is 42.4 cm³/mol. The monoisotopic (exact) mass is 213 g/mol. The molecule has 0 unspecified atom stereocenters. The average Bonchev–Trinajstić information content (AvgIpc) is 1.96. The normalized spacial score (nSPS) is 13.8. The fraction of sp³-hybridized carbons (Fsp3) is 0.800. The van der Waals surface area contributed by atoms with Gasteiger partial charge in [-0.15, -0.1) is 0 Å². The van der Waals surface area contributed by atoms with Crippen molar-refractivity contribution in [2.75, 3.05) is 19.0 Å². The molecule has 13 heavy (non-hydrogen) atoms. The highest BCUT2D eigenvalue weighted by Gasteiger charge is 2.21. The number of carbonyl (C=O) groups excluding carboxylic acids is 1. The highest BCUT2D eigenvalue weighted by Crippen LogP contribution is 1.91. The number of ether oxygens (including phenoxy) is 1. The molecule has 0 saturated carbocycles. The van der Waals surface area contributed by atoms with E-state index < -0.39 is 27.9 Å². The molecular formula is C5H11NO6S. The molecule has 0 aliphatic heterocycles. The molecule has 0 aliphatic rings. The zero-order valence-corrected chi connectivity index (χ0v) is 7.53. The van der Waals surface area contributed by atoms with E-state index in [1.807, 2.05) is 0 Å². The summed E-state index contributed by atoms with van der Waals surface area (Å²) in [6.45, 7) is -0.623. The number of aliphatic hydroxyl groups is 1. The van der Waals surface area contributed by atoms with Gasteiger partial charge in [-0.1, -0.05) is 0 Å². The van der Waals surface area contributed by atoms with E-state index in [0.717, 1.165) is 0 Å². The molecule has 0 fully saturated rings. The van der Waals surface area contributed by atoms with Gasteiger partial charge in [-0.05, 0) is 0 Å². The summed E-state index contributed by atoms with van der Waals surface area (Å²) in [7, 11) is -4.28. The molecule has 8 heteroatoms. The standard InChI is InChI=1S/C5H11NO6S/c6-4(3-13(9,10)11)5(8)12-2-1-7/h4,7H,1-3,6H2,(H,9,10,11)/t4-/m0/s1. The second-order valence-corrected chi connectivity index (χ2v) is 3.74. The molecule has 0 amide bonds. The number of carbonyl (C=O) groups is 1. The Morgan fingerprint density at radius 1 is 1.54 bits per heavy atom. The molecule has 0 aromatic carbocycles. The summed E-state index contributed by atoms with van der Waals surface area (Å²) >= 11 is 0. The van der Waals surface area contributed by atoms with Gasteiger partial charge in [0.15, 0.2) is 0 Å². The molecule has 0 bridgehead atoms. The van der Waals surface area contributed by atoms with Gasteiger partial charge in [0.2, 0.25) is 0 Å². The molecule has 78 valence electrons. The number of rotatable bonds is 5. The van der Waals surface area contributed by atoms with E-state index in [9.17, 15) is 13.2 Å². The second kappa shape index (κ2) is 5.12. The van der Waals surface area contributed by atoms with Crippen LogP contribution >= 0.6 is 0 Å². The molecule has 1 atom stereocenters. The van der Waals surface area contributed by atoms with Crippen LogP contribution in [0, 0.1) is 0 Å². The van der Waals surface area contributed by atoms with Gasteiger partial charge in [-0.2, -0.15) is 8.42 Å². The molecular weight excluding hydrogens is 202 g/mol. The predicted octanol–water partition coefficient (Wildman–Crippen LogP) is -2.26. The van der Waals surface area contributed by atoms with Gasteiger partial charge in [0.25, 0.3) is 10.1 Å². The third-order valence-electron chi connectivity index (χ3n) is 1.03. The van der Waals surface area contributed by atoms with Crippen LogP contribution < -0.4 is 5.73 Å². The van der Waals surface area contributed by atoms with Crippen molar-refractivity contribution in [2.24, 2.45) is 5.73 Å². The minimum Gasteiger partial charge on any atom is -0.462 e. The van der Waals surface area contributed by atoms with Gasteiger partial charge in [-0.25, -0.2) is 0 Å². The lowest BCUT2D eigenvalue weighted by atomic mass is 10.4. The Hall–Kier alpha value is -0.700. The average molecular weight is 213 g/mol. The van der Waals surface area contributed by atoms with Crippen molar-refractivity contribution in [3.05, 3.63) is 0 Å². The lowest BCUT2D eigenvalue weighted by Gasteiger charge is -2.08. The third-order valence-corrected chi connectivity index (χ3v) is 1.81. The van der Waals surface area contributed by atoms with Crippen molar-refractivity contribution in [2.45, 2.75) is 6.04 Å². The van der Waals surface area contributed by atoms with Crippen molar-refractivity contribution in [1.82, 2.24) is 0 Å². The van der Waals surface area contributed by atoms with E-state index in [2.05, 4.69) is 4.74 Å². The first-order valence-electron chi connectivity index (χ1n) is 3.35. The fourth-order valence-electron chi connectivity index (χ4n) is 0.548. The zero-order valence-electron chi connectivity index (χ0n) is 6.71. The van der Waals surface area contributed by atoms with Crippen LogP contribution in [0.15, 0.2) is 0 Å². The van der Waals surface area contributed by atoms with E-state index in [4.69, 9.17) is 15.4 Å². The van der Waals surface area contributed by atoms with Crippen molar-refractivity contribution in [3.63, 3.8) is 0 Å². The van der Waals surface area contributed by atoms with Crippen LogP contribution in [0.4, 0.5) is 0 Å². The third kappa shape index (κ3) is 6.46. The Morgan fingerprint density at radius 2 is 2.08 bits per heavy atom. The van der Waals surface area contributed by atoms with Crippen LogP contribution in [0.2, 0.25) is 0 Å². The van der Waals surface area contributed by atoms with E-state index in [0.29, 0.717) is 0 Å². The summed E-state index contributed by atoms with van der Waals surface area (Å²) in [4.78, 5) is 10.7. The lowest BCUT2D eigenvalue weighted by molar-refractivity contribution is -0.145. The Kier molecular flexibility index (Phi) is 4.85.